The Balaban J connectivity index is 1.54. The predicted octanol–water partition coefficient (Wildman–Crippen LogP) is 3.23. The first-order valence-electron chi connectivity index (χ1n) is 8.92. The van der Waals surface area contributed by atoms with Crippen molar-refractivity contribution >= 4 is 29.2 Å². The number of benzene rings is 2. The molecule has 0 atom stereocenters. The molecule has 0 aliphatic carbocycles. The van der Waals surface area contributed by atoms with E-state index in [4.69, 9.17) is 11.6 Å². The van der Waals surface area contributed by atoms with Gasteiger partial charge in [-0.3, -0.25) is 14.3 Å². The Bertz CT molecular complexity index is 970. The molecule has 0 saturated heterocycles. The summed E-state index contributed by atoms with van der Waals surface area (Å²) in [5, 5.41) is 10.5. The average molecular weight is 397 g/mol. The minimum Gasteiger partial charge on any atom is -0.350 e. The summed E-state index contributed by atoms with van der Waals surface area (Å²) in [4.78, 5) is 24.5. The van der Waals surface area contributed by atoms with E-state index in [1.165, 1.54) is 4.68 Å². The quantitative estimate of drug-likeness (QED) is 0.643. The van der Waals surface area contributed by atoms with Crippen LogP contribution in [-0.4, -0.2) is 28.1 Å². The van der Waals surface area contributed by atoms with Crippen molar-refractivity contribution in [3.63, 3.8) is 0 Å². The second kappa shape index (κ2) is 9.19. The summed E-state index contributed by atoms with van der Waals surface area (Å²) in [5.41, 5.74) is 2.13. The van der Waals surface area contributed by atoms with Crippen LogP contribution in [0.15, 0.2) is 60.7 Å². The number of carbonyl (C=O) groups excluding carboxylic acids is 2. The summed E-state index contributed by atoms with van der Waals surface area (Å²) < 4.78 is 1.48. The first-order valence-corrected chi connectivity index (χ1v) is 9.30. The van der Waals surface area contributed by atoms with E-state index < -0.39 is 0 Å². The Morgan fingerprint density at radius 1 is 1.07 bits per heavy atom. The molecule has 1 heterocycles. The Morgan fingerprint density at radius 3 is 2.54 bits per heavy atom. The molecule has 0 unspecified atom stereocenters. The van der Waals surface area contributed by atoms with Gasteiger partial charge in [0.25, 0.3) is 5.91 Å². The zero-order chi connectivity index (χ0) is 19.9. The molecular formula is C21H21ClN4O2. The molecule has 7 heteroatoms. The fourth-order valence-electron chi connectivity index (χ4n) is 2.77. The van der Waals surface area contributed by atoms with Crippen molar-refractivity contribution in [1.82, 2.24) is 15.1 Å². The summed E-state index contributed by atoms with van der Waals surface area (Å²) in [6, 6.07) is 18.5. The van der Waals surface area contributed by atoms with Crippen molar-refractivity contribution in [2.75, 3.05) is 11.9 Å². The average Bonchev–Trinajstić information content (AvgIpc) is 3.04. The largest absolute Gasteiger partial charge is 0.350 e. The van der Waals surface area contributed by atoms with E-state index in [2.05, 4.69) is 15.7 Å². The van der Waals surface area contributed by atoms with Gasteiger partial charge >= 0.3 is 0 Å². The van der Waals surface area contributed by atoms with E-state index in [1.807, 2.05) is 54.6 Å². The molecule has 6 nitrogen and oxygen atoms in total. The molecule has 2 aromatic carbocycles. The number of hydrogen-bond acceptors (Lipinski definition) is 3. The summed E-state index contributed by atoms with van der Waals surface area (Å²) in [5.74, 6) is 0.00303. The molecule has 0 spiro atoms. The van der Waals surface area contributed by atoms with Crippen LogP contribution in [-0.2, 0) is 24.7 Å². The molecule has 144 valence electrons. The minimum absolute atomic E-state index is 0.167. The van der Waals surface area contributed by atoms with Crippen LogP contribution in [0, 0.1) is 0 Å². The first kappa shape index (κ1) is 19.6. The van der Waals surface area contributed by atoms with Crippen LogP contribution in [0.25, 0.3) is 0 Å². The Morgan fingerprint density at radius 2 is 1.79 bits per heavy atom. The SMILES string of the molecule is Cn1nc(C(=O)NCCc2ccccc2Cl)cc1NC(=O)Cc1ccccc1. The maximum atomic E-state index is 12.3. The van der Waals surface area contributed by atoms with Gasteiger partial charge in [0, 0.05) is 24.7 Å². The van der Waals surface area contributed by atoms with E-state index in [9.17, 15) is 9.59 Å². The number of aromatic nitrogens is 2. The van der Waals surface area contributed by atoms with Gasteiger partial charge in [-0.15, -0.1) is 0 Å². The number of aryl methyl sites for hydroxylation is 1. The van der Waals surface area contributed by atoms with Crippen LogP contribution >= 0.6 is 11.6 Å². The third-order valence-electron chi connectivity index (χ3n) is 4.23. The highest BCUT2D eigenvalue weighted by molar-refractivity contribution is 6.31. The van der Waals surface area contributed by atoms with Gasteiger partial charge in [0.05, 0.1) is 6.42 Å². The fraction of sp³-hybridized carbons (Fsp3) is 0.190. The van der Waals surface area contributed by atoms with Crippen LogP contribution in [0.2, 0.25) is 5.02 Å². The van der Waals surface area contributed by atoms with E-state index in [0.29, 0.717) is 23.8 Å². The van der Waals surface area contributed by atoms with Gasteiger partial charge in [-0.25, -0.2) is 0 Å². The molecule has 0 radical (unpaired) electrons. The highest BCUT2D eigenvalue weighted by Gasteiger charge is 2.14. The number of nitrogens with zero attached hydrogens (tertiary/aromatic N) is 2. The van der Waals surface area contributed by atoms with Gasteiger partial charge in [0.2, 0.25) is 5.91 Å². The Hall–Kier alpha value is -3.12. The summed E-state index contributed by atoms with van der Waals surface area (Å²) >= 11 is 6.12. The molecule has 1 aromatic heterocycles. The molecular weight excluding hydrogens is 376 g/mol. The molecule has 28 heavy (non-hydrogen) atoms. The van der Waals surface area contributed by atoms with Crippen molar-refractivity contribution in [2.24, 2.45) is 7.05 Å². The number of nitrogens with one attached hydrogen (secondary N) is 2. The van der Waals surface area contributed by atoms with Crippen molar-refractivity contribution in [1.29, 1.82) is 0 Å². The maximum absolute atomic E-state index is 12.3. The molecule has 0 aliphatic rings. The van der Waals surface area contributed by atoms with Crippen molar-refractivity contribution in [3.05, 3.63) is 82.5 Å². The van der Waals surface area contributed by atoms with E-state index in [1.54, 1.807) is 13.1 Å². The lowest BCUT2D eigenvalue weighted by Gasteiger charge is -2.05. The molecule has 0 bridgehead atoms. The highest BCUT2D eigenvalue weighted by atomic mass is 35.5. The lowest BCUT2D eigenvalue weighted by Crippen LogP contribution is -2.26. The lowest BCUT2D eigenvalue weighted by atomic mass is 10.1. The monoisotopic (exact) mass is 396 g/mol. The molecule has 3 rings (SSSR count). The van der Waals surface area contributed by atoms with Gasteiger partial charge in [-0.2, -0.15) is 5.10 Å². The number of amides is 2. The van der Waals surface area contributed by atoms with Crippen LogP contribution in [0.5, 0.6) is 0 Å². The predicted molar refractivity (Wildman–Crippen MR) is 109 cm³/mol. The molecule has 0 saturated carbocycles. The Kier molecular flexibility index (Phi) is 6.45. The van der Waals surface area contributed by atoms with Crippen LogP contribution in [0.4, 0.5) is 5.82 Å². The van der Waals surface area contributed by atoms with E-state index in [-0.39, 0.29) is 23.9 Å². The topological polar surface area (TPSA) is 76.0 Å². The zero-order valence-electron chi connectivity index (χ0n) is 15.5. The van der Waals surface area contributed by atoms with Gasteiger partial charge in [0.1, 0.15) is 5.82 Å². The van der Waals surface area contributed by atoms with E-state index in [0.717, 1.165) is 11.1 Å². The number of hydrogen-bond donors (Lipinski definition) is 2. The third kappa shape index (κ3) is 5.20. The zero-order valence-corrected chi connectivity index (χ0v) is 16.2. The molecule has 2 N–H and O–H groups in total. The van der Waals surface area contributed by atoms with Crippen molar-refractivity contribution < 1.29 is 9.59 Å². The number of rotatable bonds is 7. The normalized spacial score (nSPS) is 10.5. The third-order valence-corrected chi connectivity index (χ3v) is 4.59. The number of carbonyl (C=O) groups is 2. The fourth-order valence-corrected chi connectivity index (χ4v) is 3.00. The second-order valence-corrected chi connectivity index (χ2v) is 6.75. The standard InChI is InChI=1S/C21H21ClN4O2/c1-26-19(24-20(27)13-15-7-3-2-4-8-15)14-18(25-26)21(28)23-12-11-16-9-5-6-10-17(16)22/h2-10,14H,11-13H2,1H3,(H,23,28)(H,24,27). The van der Waals surface area contributed by atoms with Gasteiger partial charge < -0.3 is 10.6 Å². The molecule has 3 aromatic rings. The molecule has 2 amide bonds. The van der Waals surface area contributed by atoms with Crippen LogP contribution in [0.1, 0.15) is 21.6 Å². The van der Waals surface area contributed by atoms with Crippen molar-refractivity contribution in [2.45, 2.75) is 12.8 Å². The van der Waals surface area contributed by atoms with Gasteiger partial charge in [-0.1, -0.05) is 60.1 Å². The van der Waals surface area contributed by atoms with E-state index >= 15 is 0 Å². The molecule has 0 fully saturated rings. The Labute approximate surface area is 168 Å². The minimum atomic E-state index is -0.300. The summed E-state index contributed by atoms with van der Waals surface area (Å²) in [6.45, 7) is 0.439. The van der Waals surface area contributed by atoms with Crippen LogP contribution < -0.4 is 10.6 Å². The summed E-state index contributed by atoms with van der Waals surface area (Å²) in [6.07, 6.45) is 0.879. The smallest absolute Gasteiger partial charge is 0.271 e. The van der Waals surface area contributed by atoms with Crippen LogP contribution in [0.3, 0.4) is 0 Å². The first-order chi connectivity index (χ1) is 13.5. The summed E-state index contributed by atoms with van der Waals surface area (Å²) in [7, 11) is 1.68. The van der Waals surface area contributed by atoms with Gasteiger partial charge in [0.15, 0.2) is 5.69 Å². The number of anilines is 1. The van der Waals surface area contributed by atoms with Crippen molar-refractivity contribution in [3.8, 4) is 0 Å². The molecule has 0 aliphatic heterocycles. The highest BCUT2D eigenvalue weighted by Crippen LogP contribution is 2.15. The second-order valence-electron chi connectivity index (χ2n) is 6.35. The lowest BCUT2D eigenvalue weighted by molar-refractivity contribution is -0.115. The maximum Gasteiger partial charge on any atom is 0.271 e. The van der Waals surface area contributed by atoms with Gasteiger partial charge in [-0.05, 0) is 23.6 Å². The number of halogens is 1.